The van der Waals surface area contributed by atoms with E-state index in [1.807, 2.05) is 30.3 Å². The van der Waals surface area contributed by atoms with E-state index in [1.165, 1.54) is 7.11 Å². The van der Waals surface area contributed by atoms with Crippen molar-refractivity contribution in [2.24, 2.45) is 0 Å². The smallest absolute Gasteiger partial charge is 0.192 e. The molecule has 2 saturated heterocycles. The summed E-state index contributed by atoms with van der Waals surface area (Å²) in [5, 5.41) is 10.9. The fourth-order valence-electron chi connectivity index (χ4n) is 3.19. The van der Waals surface area contributed by atoms with E-state index in [9.17, 15) is 5.11 Å². The lowest BCUT2D eigenvalue weighted by molar-refractivity contribution is -0.356. The molecule has 2 aliphatic rings. The molecule has 0 amide bonds. The van der Waals surface area contributed by atoms with Crippen molar-refractivity contribution in [2.45, 2.75) is 75.9 Å². The number of methoxy groups -OCH3 is 1. The molecule has 2 fully saturated rings. The Labute approximate surface area is 162 Å². The van der Waals surface area contributed by atoms with Crippen molar-refractivity contribution >= 4 is 8.32 Å². The van der Waals surface area contributed by atoms with Crippen LogP contribution in [0.3, 0.4) is 0 Å². The van der Waals surface area contributed by atoms with Crippen LogP contribution in [0.4, 0.5) is 0 Å². The number of benzene rings is 1. The fourth-order valence-corrected chi connectivity index (χ4v) is 4.50. The lowest BCUT2D eigenvalue weighted by atomic mass is 9.98. The average Bonchev–Trinajstić information content (AvgIpc) is 2.63. The Bertz CT molecular complexity index is 617. The number of ether oxygens (including phenoxy) is 4. The molecule has 7 heteroatoms. The molecular weight excluding hydrogens is 364 g/mol. The van der Waals surface area contributed by atoms with Crippen LogP contribution in [-0.2, 0) is 23.4 Å². The maximum Gasteiger partial charge on any atom is 0.192 e. The van der Waals surface area contributed by atoms with Gasteiger partial charge in [0.05, 0.1) is 6.61 Å². The Morgan fingerprint density at radius 3 is 2.37 bits per heavy atom. The minimum Gasteiger partial charge on any atom is -0.408 e. The summed E-state index contributed by atoms with van der Waals surface area (Å²) in [6.45, 7) is 11.2. The average molecular weight is 397 g/mol. The van der Waals surface area contributed by atoms with Crippen molar-refractivity contribution in [2.75, 3.05) is 13.7 Å². The van der Waals surface area contributed by atoms with Gasteiger partial charge in [-0.25, -0.2) is 0 Å². The second-order valence-electron chi connectivity index (χ2n) is 8.79. The molecule has 0 radical (unpaired) electrons. The molecule has 0 saturated carbocycles. The van der Waals surface area contributed by atoms with E-state index in [-0.39, 0.29) is 11.1 Å². The van der Waals surface area contributed by atoms with Crippen molar-refractivity contribution in [1.82, 2.24) is 0 Å². The molecule has 6 atom stereocenters. The van der Waals surface area contributed by atoms with E-state index in [0.29, 0.717) is 6.61 Å². The van der Waals surface area contributed by atoms with Gasteiger partial charge in [-0.3, -0.25) is 0 Å². The van der Waals surface area contributed by atoms with Crippen LogP contribution in [0.5, 0.6) is 0 Å². The molecule has 0 bridgehead atoms. The zero-order chi connectivity index (χ0) is 19.8. The van der Waals surface area contributed by atoms with Gasteiger partial charge in [-0.15, -0.1) is 0 Å². The number of aliphatic hydroxyl groups excluding tert-OH is 1. The van der Waals surface area contributed by atoms with Crippen molar-refractivity contribution in [1.29, 1.82) is 0 Å². The molecule has 1 N–H and O–H groups in total. The van der Waals surface area contributed by atoms with Crippen LogP contribution in [0.15, 0.2) is 30.3 Å². The Balaban J connectivity index is 1.85. The van der Waals surface area contributed by atoms with Gasteiger partial charge in [0.15, 0.2) is 20.9 Å². The predicted molar refractivity (Wildman–Crippen MR) is 104 cm³/mol. The third kappa shape index (κ3) is 4.29. The molecule has 1 aromatic rings. The summed E-state index contributed by atoms with van der Waals surface area (Å²) < 4.78 is 29.9. The highest BCUT2D eigenvalue weighted by Crippen LogP contribution is 2.41. The molecule has 2 aliphatic heterocycles. The van der Waals surface area contributed by atoms with Crippen molar-refractivity contribution in [3.63, 3.8) is 0 Å². The lowest BCUT2D eigenvalue weighted by Crippen LogP contribution is -2.65. The first kappa shape index (κ1) is 20.9. The molecule has 3 rings (SSSR count). The Hall–Kier alpha value is -0.803. The number of hydrogen-bond acceptors (Lipinski definition) is 6. The van der Waals surface area contributed by atoms with Gasteiger partial charge in [0, 0.05) is 12.7 Å². The van der Waals surface area contributed by atoms with Gasteiger partial charge in [-0.2, -0.15) is 0 Å². The summed E-state index contributed by atoms with van der Waals surface area (Å²) in [7, 11) is -0.623. The standard InChI is InChI=1S/C20H32O6Si/c1-20(2,3)27(5,6)26-17-15(21)19(22-4)24-14-12-23-18(25-16(14)17)13-10-8-7-9-11-13/h7-11,14-19,21H,12H2,1-6H3. The minimum absolute atomic E-state index is 0.00703. The van der Waals surface area contributed by atoms with Crippen molar-refractivity contribution in [3.8, 4) is 0 Å². The van der Waals surface area contributed by atoms with E-state index in [2.05, 4.69) is 33.9 Å². The molecule has 27 heavy (non-hydrogen) atoms. The summed E-state index contributed by atoms with van der Waals surface area (Å²) in [5.74, 6) is 0. The highest BCUT2D eigenvalue weighted by Gasteiger charge is 2.53. The summed E-state index contributed by atoms with van der Waals surface area (Å²) in [4.78, 5) is 0. The van der Waals surface area contributed by atoms with Crippen LogP contribution in [0, 0.1) is 0 Å². The third-order valence-electron chi connectivity index (χ3n) is 5.85. The molecule has 1 aromatic carbocycles. The van der Waals surface area contributed by atoms with Gasteiger partial charge in [0.1, 0.15) is 24.4 Å². The fraction of sp³-hybridized carbons (Fsp3) is 0.700. The largest absolute Gasteiger partial charge is 0.408 e. The van der Waals surface area contributed by atoms with Crippen LogP contribution in [0.1, 0.15) is 32.6 Å². The molecule has 0 spiro atoms. The molecule has 6 nitrogen and oxygen atoms in total. The Morgan fingerprint density at radius 2 is 1.78 bits per heavy atom. The second-order valence-corrected chi connectivity index (χ2v) is 13.5. The summed E-state index contributed by atoms with van der Waals surface area (Å²) in [6, 6.07) is 9.78. The van der Waals surface area contributed by atoms with E-state index in [4.69, 9.17) is 23.4 Å². The van der Waals surface area contributed by atoms with Gasteiger partial charge in [0.2, 0.25) is 0 Å². The summed E-state index contributed by atoms with van der Waals surface area (Å²) >= 11 is 0. The zero-order valence-electron chi connectivity index (χ0n) is 17.0. The van der Waals surface area contributed by atoms with Crippen molar-refractivity contribution in [3.05, 3.63) is 35.9 Å². The minimum atomic E-state index is -2.15. The second kappa shape index (κ2) is 7.91. The number of aliphatic hydroxyl groups is 1. The van der Waals surface area contributed by atoms with Gasteiger partial charge < -0.3 is 28.5 Å². The molecular formula is C20H32O6Si. The Morgan fingerprint density at radius 1 is 1.11 bits per heavy atom. The molecule has 152 valence electrons. The van der Waals surface area contributed by atoms with E-state index in [1.54, 1.807) is 0 Å². The Kier molecular flexibility index (Phi) is 6.13. The van der Waals surface area contributed by atoms with Crippen LogP contribution < -0.4 is 0 Å². The first-order valence-electron chi connectivity index (χ1n) is 9.50. The maximum absolute atomic E-state index is 10.9. The number of hydrogen-bond donors (Lipinski definition) is 1. The van der Waals surface area contributed by atoms with Crippen LogP contribution >= 0.6 is 0 Å². The van der Waals surface area contributed by atoms with Gasteiger partial charge in [-0.05, 0) is 18.1 Å². The molecule has 0 aliphatic carbocycles. The van der Waals surface area contributed by atoms with Crippen LogP contribution in [0.2, 0.25) is 18.1 Å². The zero-order valence-corrected chi connectivity index (χ0v) is 18.0. The topological polar surface area (TPSA) is 66.4 Å². The quantitative estimate of drug-likeness (QED) is 0.789. The normalized spacial score (nSPS) is 34.9. The van der Waals surface area contributed by atoms with E-state index in [0.717, 1.165) is 5.56 Å². The summed E-state index contributed by atoms with van der Waals surface area (Å²) in [5.41, 5.74) is 0.936. The molecule has 0 aromatic heterocycles. The molecule has 6 unspecified atom stereocenters. The first-order chi connectivity index (χ1) is 12.6. The monoisotopic (exact) mass is 396 g/mol. The van der Waals surface area contributed by atoms with Gasteiger partial charge in [-0.1, -0.05) is 51.1 Å². The first-order valence-corrected chi connectivity index (χ1v) is 12.4. The third-order valence-corrected chi connectivity index (χ3v) is 10.3. The molecule has 2 heterocycles. The van der Waals surface area contributed by atoms with Crippen molar-refractivity contribution < 1.29 is 28.5 Å². The van der Waals surface area contributed by atoms with Gasteiger partial charge in [0.25, 0.3) is 0 Å². The number of fused-ring (bicyclic) bond motifs is 1. The van der Waals surface area contributed by atoms with E-state index >= 15 is 0 Å². The maximum atomic E-state index is 10.9. The number of rotatable bonds is 4. The predicted octanol–water partition coefficient (Wildman–Crippen LogP) is 3.22. The van der Waals surface area contributed by atoms with Crippen LogP contribution in [-0.4, -0.2) is 57.8 Å². The summed E-state index contributed by atoms with van der Waals surface area (Å²) in [6.07, 6.45) is -3.52. The van der Waals surface area contributed by atoms with Gasteiger partial charge >= 0.3 is 0 Å². The highest BCUT2D eigenvalue weighted by molar-refractivity contribution is 6.74. The van der Waals surface area contributed by atoms with Crippen LogP contribution in [0.25, 0.3) is 0 Å². The van der Waals surface area contributed by atoms with E-state index < -0.39 is 39.2 Å². The SMILES string of the molecule is COC1OC2COC(c3ccccc3)OC2C(O[Si](C)(C)C(C)(C)C)C1O. The lowest BCUT2D eigenvalue weighted by Gasteiger charge is -2.50. The highest BCUT2D eigenvalue weighted by atomic mass is 28.4.